The van der Waals surface area contributed by atoms with Crippen LogP contribution in [0.5, 0.6) is 11.5 Å². The van der Waals surface area contributed by atoms with E-state index in [9.17, 15) is 28.8 Å². The third-order valence-corrected chi connectivity index (χ3v) is 8.33. The van der Waals surface area contributed by atoms with Crippen molar-refractivity contribution in [2.75, 3.05) is 32.7 Å². The van der Waals surface area contributed by atoms with Gasteiger partial charge in [-0.05, 0) is 96.6 Å². The molecule has 1 fully saturated rings. The number of piperidine rings is 1. The maximum Gasteiger partial charge on any atom is 0.330 e. The molecule has 1 unspecified atom stereocenters. The Labute approximate surface area is 310 Å². The number of ether oxygens (including phenoxy) is 5. The van der Waals surface area contributed by atoms with Crippen LogP contribution in [0.2, 0.25) is 0 Å². The fourth-order valence-corrected chi connectivity index (χ4v) is 5.55. The van der Waals surface area contributed by atoms with Crippen LogP contribution in [0.15, 0.2) is 49.1 Å². The van der Waals surface area contributed by atoms with Gasteiger partial charge in [0.1, 0.15) is 30.2 Å². The van der Waals surface area contributed by atoms with Crippen molar-refractivity contribution in [3.8, 4) is 11.5 Å². The molecule has 1 aliphatic heterocycles. The molecule has 1 aromatic carbocycles. The number of nitrogens with one attached hydrogen (secondary N) is 1. The summed E-state index contributed by atoms with van der Waals surface area (Å²) >= 11 is 0. The zero-order valence-electron chi connectivity index (χ0n) is 31.7. The molecule has 0 spiro atoms. The summed E-state index contributed by atoms with van der Waals surface area (Å²) in [5, 5.41) is 2.69. The van der Waals surface area contributed by atoms with Crippen LogP contribution in [-0.2, 0) is 49.4 Å². The van der Waals surface area contributed by atoms with Gasteiger partial charge in [-0.3, -0.25) is 19.2 Å². The molecule has 0 bridgehead atoms. The van der Waals surface area contributed by atoms with Crippen molar-refractivity contribution >= 4 is 41.3 Å². The second kappa shape index (κ2) is 19.0. The van der Waals surface area contributed by atoms with Gasteiger partial charge in [0.25, 0.3) is 5.91 Å². The minimum atomic E-state index is -1.36. The van der Waals surface area contributed by atoms with Crippen LogP contribution in [-0.4, -0.2) is 84.4 Å². The second-order valence-electron chi connectivity index (χ2n) is 14.3. The molecule has 3 rings (SSSR count). The highest BCUT2D eigenvalue weighted by Crippen LogP contribution is 2.31. The van der Waals surface area contributed by atoms with Gasteiger partial charge in [0, 0.05) is 19.0 Å². The predicted octanol–water partition coefficient (Wildman–Crippen LogP) is 5.08. The summed E-state index contributed by atoms with van der Waals surface area (Å²) in [5.74, 6) is -2.83. The van der Waals surface area contributed by atoms with Gasteiger partial charge in [-0.2, -0.15) is 0 Å². The van der Waals surface area contributed by atoms with E-state index < -0.39 is 58.7 Å². The van der Waals surface area contributed by atoms with Crippen molar-refractivity contribution in [3.05, 3.63) is 60.3 Å². The lowest BCUT2D eigenvalue weighted by molar-refractivity contribution is -0.165. The number of Topliss-reactive ketones (excluding diaryl/α,β-unsaturated/α-hetero) is 1. The van der Waals surface area contributed by atoms with E-state index in [2.05, 4.69) is 16.9 Å². The molecule has 0 saturated carbocycles. The zero-order chi connectivity index (χ0) is 39.3. The third-order valence-electron chi connectivity index (χ3n) is 8.33. The van der Waals surface area contributed by atoms with Crippen LogP contribution in [0.25, 0.3) is 0 Å². The molecule has 1 saturated heterocycles. The van der Waals surface area contributed by atoms with Crippen molar-refractivity contribution in [2.45, 2.75) is 97.3 Å². The molecule has 1 aliphatic rings. The van der Waals surface area contributed by atoms with E-state index in [0.29, 0.717) is 36.5 Å². The summed E-state index contributed by atoms with van der Waals surface area (Å²) in [4.78, 5) is 83.1. The third kappa shape index (κ3) is 12.7. The first-order valence-corrected chi connectivity index (χ1v) is 17.5. The van der Waals surface area contributed by atoms with Gasteiger partial charge >= 0.3 is 17.9 Å². The number of ketones is 1. The Morgan fingerprint density at radius 2 is 1.70 bits per heavy atom. The number of esters is 3. The molecule has 2 amide bonds. The Kier molecular flexibility index (Phi) is 15.1. The second-order valence-corrected chi connectivity index (χ2v) is 14.3. The van der Waals surface area contributed by atoms with E-state index in [-0.39, 0.29) is 44.7 Å². The van der Waals surface area contributed by atoms with Gasteiger partial charge in [0.05, 0.1) is 31.7 Å². The average molecular weight is 738 g/mol. The van der Waals surface area contributed by atoms with Crippen molar-refractivity contribution in [1.82, 2.24) is 9.88 Å². The first-order valence-electron chi connectivity index (χ1n) is 17.5. The Hall–Kier alpha value is -5.27. The molecule has 0 aliphatic carbocycles. The number of carbonyl (C=O) groups excluding carboxylic acids is 6. The first-order chi connectivity index (χ1) is 25.0. The number of likely N-dealkylation sites (tertiary alicyclic amines) is 1. The van der Waals surface area contributed by atoms with Crippen LogP contribution in [0.1, 0.15) is 90.5 Å². The monoisotopic (exact) mass is 737 g/mol. The number of anilines is 1. The first kappa shape index (κ1) is 42.1. The van der Waals surface area contributed by atoms with Gasteiger partial charge in [0.15, 0.2) is 11.5 Å². The number of hydrogen-bond donors (Lipinski definition) is 1. The SMILES string of the molecule is C=CC(=O)OCC(C)(C)C(=O)C(=O)N1CCCCC1C(=O)O[C@H](CCc1ccc(OC)c(OC)c1)c1cccc(NC(=O)CCC(=O)OC(C)(C)C)n1. The average Bonchev–Trinajstić information content (AvgIpc) is 3.13. The van der Waals surface area contributed by atoms with Crippen LogP contribution in [0.4, 0.5) is 5.82 Å². The topological polar surface area (TPSA) is 177 Å². The molecule has 1 N–H and O–H groups in total. The Morgan fingerprint density at radius 1 is 0.981 bits per heavy atom. The molecule has 2 heterocycles. The minimum Gasteiger partial charge on any atom is -0.493 e. The van der Waals surface area contributed by atoms with Crippen molar-refractivity contribution < 1.29 is 52.5 Å². The zero-order valence-corrected chi connectivity index (χ0v) is 31.7. The quantitative estimate of drug-likeness (QED) is 0.0988. The number of aromatic nitrogens is 1. The van der Waals surface area contributed by atoms with E-state index in [4.69, 9.17) is 23.7 Å². The van der Waals surface area contributed by atoms with Gasteiger partial charge < -0.3 is 33.9 Å². The van der Waals surface area contributed by atoms with Gasteiger partial charge in [-0.15, -0.1) is 0 Å². The Morgan fingerprint density at radius 3 is 2.36 bits per heavy atom. The van der Waals surface area contributed by atoms with Gasteiger partial charge in [0.2, 0.25) is 11.7 Å². The van der Waals surface area contributed by atoms with Crippen LogP contribution < -0.4 is 14.8 Å². The lowest BCUT2D eigenvalue weighted by Crippen LogP contribution is -2.53. The fourth-order valence-electron chi connectivity index (χ4n) is 5.55. The van der Waals surface area contributed by atoms with Crippen molar-refractivity contribution in [2.24, 2.45) is 5.41 Å². The summed E-state index contributed by atoms with van der Waals surface area (Å²) in [5.41, 5.74) is -0.845. The molecular weight excluding hydrogens is 686 g/mol. The van der Waals surface area contributed by atoms with Gasteiger partial charge in [-0.25, -0.2) is 14.6 Å². The minimum absolute atomic E-state index is 0.120. The van der Waals surface area contributed by atoms with Crippen LogP contribution in [0, 0.1) is 5.41 Å². The maximum atomic E-state index is 13.9. The normalized spacial score (nSPS) is 15.0. The number of rotatable bonds is 17. The summed E-state index contributed by atoms with van der Waals surface area (Å²) in [7, 11) is 3.06. The number of pyridine rings is 1. The number of aryl methyl sites for hydroxylation is 1. The molecule has 53 heavy (non-hydrogen) atoms. The lowest BCUT2D eigenvalue weighted by atomic mass is 9.87. The molecule has 0 radical (unpaired) electrons. The van der Waals surface area contributed by atoms with Gasteiger partial charge in [-0.1, -0.05) is 18.7 Å². The Bertz CT molecular complexity index is 1660. The Balaban J connectivity index is 1.84. The number of methoxy groups -OCH3 is 2. The smallest absolute Gasteiger partial charge is 0.330 e. The highest BCUT2D eigenvalue weighted by atomic mass is 16.6. The van der Waals surface area contributed by atoms with E-state index in [0.717, 1.165) is 11.6 Å². The lowest BCUT2D eigenvalue weighted by Gasteiger charge is -2.36. The highest BCUT2D eigenvalue weighted by Gasteiger charge is 2.42. The molecule has 288 valence electrons. The summed E-state index contributed by atoms with van der Waals surface area (Å²) in [6, 6.07) is 9.27. The van der Waals surface area contributed by atoms with Crippen LogP contribution in [0.3, 0.4) is 0 Å². The van der Waals surface area contributed by atoms with Crippen molar-refractivity contribution in [1.29, 1.82) is 0 Å². The van der Waals surface area contributed by atoms with E-state index >= 15 is 0 Å². The molecule has 14 heteroatoms. The molecule has 14 nitrogen and oxygen atoms in total. The van der Waals surface area contributed by atoms with Crippen LogP contribution >= 0.6 is 0 Å². The maximum absolute atomic E-state index is 13.9. The van der Waals surface area contributed by atoms with E-state index in [1.807, 2.05) is 12.1 Å². The predicted molar refractivity (Wildman–Crippen MR) is 194 cm³/mol. The number of hydrogen-bond acceptors (Lipinski definition) is 12. The number of amides is 2. The fraction of sp³-hybridized carbons (Fsp3) is 0.513. The van der Waals surface area contributed by atoms with E-state index in [1.54, 1.807) is 45.0 Å². The number of nitrogens with zero attached hydrogens (tertiary/aromatic N) is 2. The number of benzene rings is 1. The van der Waals surface area contributed by atoms with Crippen molar-refractivity contribution in [3.63, 3.8) is 0 Å². The molecular formula is C39H51N3O11. The summed E-state index contributed by atoms with van der Waals surface area (Å²) < 4.78 is 27.2. The molecule has 1 aromatic heterocycles. The molecule has 2 aromatic rings. The van der Waals surface area contributed by atoms with E-state index in [1.165, 1.54) is 33.0 Å². The molecule has 2 atom stereocenters. The summed E-state index contributed by atoms with van der Waals surface area (Å²) in [6.45, 7) is 11.4. The highest BCUT2D eigenvalue weighted by molar-refractivity contribution is 6.38. The summed E-state index contributed by atoms with van der Waals surface area (Å²) in [6.07, 6.45) is 1.92. The standard InChI is InChI=1S/C39H51N3O11/c1-9-33(44)51-24-39(5,6)35(46)36(47)42-22-11-10-14-27(42)37(48)52-28(18-16-25-17-19-29(49-7)30(23-25)50-8)26-13-12-15-31(40-26)41-32(43)20-21-34(45)53-38(2,3)4/h9,12-13,15,17,19,23,27-28H,1,10-11,14,16,18,20-22,24H2,2-8H3,(H,40,41,43)/t27?,28-/m1/s1. The number of carbonyl (C=O) groups is 6. The largest absolute Gasteiger partial charge is 0.493 e.